The molecule has 0 aliphatic carbocycles. The zero-order valence-corrected chi connectivity index (χ0v) is 21.5. The summed E-state index contributed by atoms with van der Waals surface area (Å²) in [6, 6.07) is 10.4. The van der Waals surface area contributed by atoms with Gasteiger partial charge in [0, 0.05) is 88.2 Å². The number of piperazine rings is 1. The fraction of sp³-hybridized carbons (Fsp3) is 0.556. The lowest BCUT2D eigenvalue weighted by Gasteiger charge is -2.36. The van der Waals surface area contributed by atoms with Gasteiger partial charge < -0.3 is 19.6 Å². The van der Waals surface area contributed by atoms with Gasteiger partial charge in [0.2, 0.25) is 11.8 Å². The number of hydrogen-bond acceptors (Lipinski definition) is 5. The van der Waals surface area contributed by atoms with Crippen molar-refractivity contribution in [2.75, 3.05) is 44.2 Å². The normalized spacial score (nSPS) is 20.3. The Morgan fingerprint density at radius 3 is 2.39 bits per heavy atom. The molecule has 2 saturated heterocycles. The van der Waals surface area contributed by atoms with Gasteiger partial charge in [-0.3, -0.25) is 19.1 Å². The number of hydrogen-bond donors (Lipinski definition) is 0. The van der Waals surface area contributed by atoms with E-state index in [2.05, 4.69) is 17.0 Å². The largest absolute Gasteiger partial charge is 0.368 e. The molecule has 4 heterocycles. The maximum atomic E-state index is 13.6. The summed E-state index contributed by atoms with van der Waals surface area (Å²) in [5.41, 5.74) is 3.58. The third-order valence-electron chi connectivity index (χ3n) is 7.77. The number of amides is 3. The lowest BCUT2D eigenvalue weighted by molar-refractivity contribution is -0.136. The quantitative estimate of drug-likeness (QED) is 0.638. The fourth-order valence-electron chi connectivity index (χ4n) is 5.72. The molecule has 36 heavy (non-hydrogen) atoms. The number of rotatable bonds is 5. The maximum absolute atomic E-state index is 13.6. The van der Waals surface area contributed by atoms with Gasteiger partial charge >= 0.3 is 0 Å². The monoisotopic (exact) mass is 492 g/mol. The number of para-hydroxylation sites is 1. The first kappa shape index (κ1) is 24.3. The summed E-state index contributed by atoms with van der Waals surface area (Å²) in [7, 11) is 0. The number of likely N-dealkylation sites (tertiary alicyclic amines) is 1. The van der Waals surface area contributed by atoms with Crippen LogP contribution in [0.25, 0.3) is 0 Å². The number of nitrogens with zero attached hydrogens (tertiary/aromatic N) is 6. The maximum Gasteiger partial charge on any atom is 0.274 e. The van der Waals surface area contributed by atoms with E-state index in [1.165, 1.54) is 5.69 Å². The second-order valence-corrected chi connectivity index (χ2v) is 10.3. The Balaban J connectivity index is 1.30. The Kier molecular flexibility index (Phi) is 6.73. The van der Waals surface area contributed by atoms with Crippen LogP contribution in [0.1, 0.15) is 48.9 Å². The van der Waals surface area contributed by atoms with Gasteiger partial charge in [0.05, 0.1) is 5.92 Å². The van der Waals surface area contributed by atoms with Crippen molar-refractivity contribution in [2.24, 2.45) is 5.92 Å². The Labute approximate surface area is 212 Å². The van der Waals surface area contributed by atoms with Gasteiger partial charge in [-0.15, -0.1) is 0 Å². The third kappa shape index (κ3) is 4.47. The van der Waals surface area contributed by atoms with Gasteiger partial charge in [0.1, 0.15) is 0 Å². The van der Waals surface area contributed by atoms with Gasteiger partial charge in [-0.1, -0.05) is 18.2 Å². The molecule has 0 spiro atoms. The molecule has 0 bridgehead atoms. The first-order valence-corrected chi connectivity index (χ1v) is 13.1. The van der Waals surface area contributed by atoms with Gasteiger partial charge in [-0.05, 0) is 32.9 Å². The molecule has 3 aliphatic heterocycles. The van der Waals surface area contributed by atoms with Crippen molar-refractivity contribution >= 4 is 23.4 Å². The molecule has 9 heteroatoms. The van der Waals surface area contributed by atoms with E-state index in [1.807, 2.05) is 53.5 Å². The Hall–Kier alpha value is -3.36. The first-order chi connectivity index (χ1) is 17.4. The summed E-state index contributed by atoms with van der Waals surface area (Å²) in [5.74, 6) is -0.308. The molecule has 3 aliphatic rings. The summed E-state index contributed by atoms with van der Waals surface area (Å²) >= 11 is 0. The summed E-state index contributed by atoms with van der Waals surface area (Å²) in [4.78, 5) is 47.2. The van der Waals surface area contributed by atoms with E-state index in [0.717, 1.165) is 24.3 Å². The van der Waals surface area contributed by atoms with Crippen molar-refractivity contribution in [1.82, 2.24) is 24.5 Å². The molecule has 1 atom stereocenters. The van der Waals surface area contributed by atoms with Gasteiger partial charge in [0.25, 0.3) is 5.91 Å². The van der Waals surface area contributed by atoms with E-state index in [-0.39, 0.29) is 36.1 Å². The number of carbonyl (C=O) groups is 3. The Morgan fingerprint density at radius 2 is 1.75 bits per heavy atom. The molecular weight excluding hydrogens is 456 g/mol. The number of benzene rings is 1. The molecular formula is C27H36N6O3. The number of fused-ring (bicyclic) bond motifs is 1. The molecule has 9 nitrogen and oxygen atoms in total. The molecule has 1 aromatic carbocycles. The van der Waals surface area contributed by atoms with Crippen LogP contribution in [-0.2, 0) is 29.1 Å². The van der Waals surface area contributed by atoms with E-state index in [0.29, 0.717) is 51.4 Å². The van der Waals surface area contributed by atoms with Crippen molar-refractivity contribution < 1.29 is 14.4 Å². The zero-order valence-electron chi connectivity index (χ0n) is 21.5. The molecule has 3 amide bonds. The van der Waals surface area contributed by atoms with E-state index in [9.17, 15) is 14.4 Å². The van der Waals surface area contributed by atoms with Crippen LogP contribution in [0.2, 0.25) is 0 Å². The van der Waals surface area contributed by atoms with E-state index < -0.39 is 0 Å². The van der Waals surface area contributed by atoms with Crippen molar-refractivity contribution in [3.63, 3.8) is 0 Å². The highest BCUT2D eigenvalue weighted by Gasteiger charge is 2.39. The van der Waals surface area contributed by atoms with Crippen LogP contribution >= 0.6 is 0 Å². The minimum absolute atomic E-state index is 0.0104. The van der Waals surface area contributed by atoms with Gasteiger partial charge in [-0.25, -0.2) is 0 Å². The Bertz CT molecular complexity index is 1140. The van der Waals surface area contributed by atoms with Crippen molar-refractivity contribution in [1.29, 1.82) is 0 Å². The van der Waals surface area contributed by atoms with Gasteiger partial charge in [0.15, 0.2) is 5.69 Å². The highest BCUT2D eigenvalue weighted by atomic mass is 16.2. The summed E-state index contributed by atoms with van der Waals surface area (Å²) < 4.78 is 1.92. The zero-order chi connectivity index (χ0) is 25.4. The fourth-order valence-corrected chi connectivity index (χ4v) is 5.72. The van der Waals surface area contributed by atoms with Crippen LogP contribution in [0.5, 0.6) is 0 Å². The highest BCUT2D eigenvalue weighted by Crippen LogP contribution is 2.28. The molecule has 1 unspecified atom stereocenters. The van der Waals surface area contributed by atoms with E-state index in [1.54, 1.807) is 4.90 Å². The second kappa shape index (κ2) is 9.95. The standard InChI is InChI=1S/C27H36N6O3/c1-4-33-23-10-11-31(26(35)20-16-24(34)32(17-20)19(2)3)18-22(23)25(28-33)27(36)30-14-12-29(13-15-30)21-8-6-5-7-9-21/h5-9,19-20H,4,10-18H2,1-3H3. The van der Waals surface area contributed by atoms with Crippen LogP contribution in [0, 0.1) is 5.92 Å². The average Bonchev–Trinajstić information content (AvgIpc) is 3.48. The average molecular weight is 493 g/mol. The molecule has 5 rings (SSSR count). The number of aryl methyl sites for hydroxylation is 1. The topological polar surface area (TPSA) is 82.0 Å². The van der Waals surface area contributed by atoms with E-state index >= 15 is 0 Å². The molecule has 192 valence electrons. The summed E-state index contributed by atoms with van der Waals surface area (Å²) in [6.07, 6.45) is 0.942. The number of anilines is 1. The van der Waals surface area contributed by atoms with Crippen LogP contribution in [0.4, 0.5) is 5.69 Å². The Morgan fingerprint density at radius 1 is 1.03 bits per heavy atom. The number of carbonyl (C=O) groups excluding carboxylic acids is 3. The lowest BCUT2D eigenvalue weighted by Crippen LogP contribution is -2.49. The van der Waals surface area contributed by atoms with Crippen LogP contribution in [0.3, 0.4) is 0 Å². The van der Waals surface area contributed by atoms with Crippen molar-refractivity contribution in [2.45, 2.75) is 52.7 Å². The molecule has 0 radical (unpaired) electrons. The molecule has 1 aromatic heterocycles. The minimum atomic E-state index is -0.312. The lowest BCUT2D eigenvalue weighted by atomic mass is 10.0. The van der Waals surface area contributed by atoms with Crippen LogP contribution < -0.4 is 4.90 Å². The molecule has 2 fully saturated rings. The predicted molar refractivity (Wildman–Crippen MR) is 137 cm³/mol. The van der Waals surface area contributed by atoms with Gasteiger partial charge in [-0.2, -0.15) is 5.10 Å². The molecule has 0 N–H and O–H groups in total. The number of aromatic nitrogens is 2. The third-order valence-corrected chi connectivity index (χ3v) is 7.77. The second-order valence-electron chi connectivity index (χ2n) is 10.3. The van der Waals surface area contributed by atoms with Crippen molar-refractivity contribution in [3.8, 4) is 0 Å². The van der Waals surface area contributed by atoms with Crippen LogP contribution in [0.15, 0.2) is 30.3 Å². The SMILES string of the molecule is CCn1nc(C(=O)N2CCN(c3ccccc3)CC2)c2c1CCN(C(=O)C1CC(=O)N(C(C)C)C1)C2. The smallest absolute Gasteiger partial charge is 0.274 e. The highest BCUT2D eigenvalue weighted by molar-refractivity contribution is 5.95. The van der Waals surface area contributed by atoms with Crippen LogP contribution in [-0.4, -0.2) is 87.5 Å². The first-order valence-electron chi connectivity index (χ1n) is 13.1. The predicted octanol–water partition coefficient (Wildman–Crippen LogP) is 2.01. The van der Waals surface area contributed by atoms with Crippen molar-refractivity contribution in [3.05, 3.63) is 47.3 Å². The minimum Gasteiger partial charge on any atom is -0.368 e. The summed E-state index contributed by atoms with van der Waals surface area (Å²) in [6.45, 7) is 11.0. The molecule has 0 saturated carbocycles. The molecule has 2 aromatic rings. The van der Waals surface area contributed by atoms with E-state index in [4.69, 9.17) is 5.10 Å². The summed E-state index contributed by atoms with van der Waals surface area (Å²) in [5, 5.41) is 4.71.